The maximum Gasteiger partial charge on any atom is 0.00390 e. The van der Waals surface area contributed by atoms with Crippen LogP contribution < -0.4 is 5.73 Å². The Hall–Kier alpha value is -0.300. The van der Waals surface area contributed by atoms with Gasteiger partial charge >= 0.3 is 0 Å². The molecule has 0 aromatic heterocycles. The summed E-state index contributed by atoms with van der Waals surface area (Å²) in [5.41, 5.74) is 5.91. The Bertz CT molecular complexity index is 178. The van der Waals surface area contributed by atoms with Gasteiger partial charge in [-0.05, 0) is 56.8 Å². The molecule has 0 bridgehead atoms. The van der Waals surface area contributed by atoms with E-state index < -0.39 is 0 Å². The van der Waals surface area contributed by atoms with Gasteiger partial charge in [0.05, 0.1) is 0 Å². The van der Waals surface area contributed by atoms with Crippen molar-refractivity contribution in [2.45, 2.75) is 51.0 Å². The van der Waals surface area contributed by atoms with Crippen LogP contribution in [0.25, 0.3) is 0 Å². The van der Waals surface area contributed by atoms with E-state index in [1.54, 1.807) is 0 Å². The highest BCUT2D eigenvalue weighted by Gasteiger charge is 2.25. The number of hydrogen-bond donors (Lipinski definition) is 1. The molecule has 1 heteroatoms. The van der Waals surface area contributed by atoms with Crippen LogP contribution in [-0.2, 0) is 0 Å². The molecule has 74 valence electrons. The Labute approximate surface area is 81.4 Å². The lowest BCUT2D eigenvalue weighted by atomic mass is 9.75. The molecule has 0 aromatic rings. The molecule has 1 atom stereocenters. The van der Waals surface area contributed by atoms with E-state index in [9.17, 15) is 0 Å². The second kappa shape index (κ2) is 4.28. The Kier molecular flexibility index (Phi) is 3.05. The molecule has 0 radical (unpaired) electrons. The minimum absolute atomic E-state index is 0.504. The molecular weight excluding hydrogens is 158 g/mol. The Morgan fingerprint density at radius 3 is 2.38 bits per heavy atom. The van der Waals surface area contributed by atoms with E-state index in [1.165, 1.54) is 44.9 Å². The Balaban J connectivity index is 1.86. The summed E-state index contributed by atoms with van der Waals surface area (Å²) in [5.74, 6) is 1.84. The van der Waals surface area contributed by atoms with Gasteiger partial charge in [0, 0.05) is 6.04 Å². The van der Waals surface area contributed by atoms with E-state index in [2.05, 4.69) is 12.2 Å². The molecule has 2 N–H and O–H groups in total. The van der Waals surface area contributed by atoms with Crippen LogP contribution in [0.2, 0.25) is 0 Å². The van der Waals surface area contributed by atoms with Crippen molar-refractivity contribution >= 4 is 0 Å². The molecular formula is C12H21N. The largest absolute Gasteiger partial charge is 0.328 e. The van der Waals surface area contributed by atoms with Gasteiger partial charge in [0.1, 0.15) is 0 Å². The number of allylic oxidation sites excluding steroid dienone is 2. The lowest BCUT2D eigenvalue weighted by Gasteiger charge is -2.32. The summed E-state index contributed by atoms with van der Waals surface area (Å²) < 4.78 is 0. The third kappa shape index (κ3) is 2.34. The molecule has 0 spiro atoms. The predicted octanol–water partition coefficient (Wildman–Crippen LogP) is 2.86. The molecule has 2 aliphatic carbocycles. The minimum Gasteiger partial charge on any atom is -0.328 e. The van der Waals surface area contributed by atoms with E-state index in [4.69, 9.17) is 5.73 Å². The Morgan fingerprint density at radius 1 is 1.00 bits per heavy atom. The minimum atomic E-state index is 0.504. The molecule has 1 nitrogen and oxygen atoms in total. The molecule has 1 saturated carbocycles. The lowest BCUT2D eigenvalue weighted by Crippen LogP contribution is -2.29. The quantitative estimate of drug-likeness (QED) is 0.615. The smallest absolute Gasteiger partial charge is 0.00390 e. The van der Waals surface area contributed by atoms with Crippen molar-refractivity contribution in [2.24, 2.45) is 17.6 Å². The van der Waals surface area contributed by atoms with Gasteiger partial charge in [0.2, 0.25) is 0 Å². The monoisotopic (exact) mass is 179 g/mol. The van der Waals surface area contributed by atoms with Crippen molar-refractivity contribution in [1.29, 1.82) is 0 Å². The first-order valence-corrected chi connectivity index (χ1v) is 5.78. The zero-order valence-electron chi connectivity index (χ0n) is 8.41. The van der Waals surface area contributed by atoms with Crippen molar-refractivity contribution in [2.75, 3.05) is 0 Å². The Morgan fingerprint density at radius 2 is 1.77 bits per heavy atom. The molecule has 0 aliphatic heterocycles. The second-order valence-corrected chi connectivity index (χ2v) is 4.70. The van der Waals surface area contributed by atoms with Crippen LogP contribution >= 0.6 is 0 Å². The highest BCUT2D eigenvalue weighted by atomic mass is 14.6. The third-order valence-electron chi connectivity index (χ3n) is 3.71. The average Bonchev–Trinajstić information content (AvgIpc) is 2.20. The zero-order chi connectivity index (χ0) is 9.10. The predicted molar refractivity (Wildman–Crippen MR) is 56.4 cm³/mol. The van der Waals surface area contributed by atoms with E-state index in [0.717, 1.165) is 11.8 Å². The first kappa shape index (κ1) is 9.26. The van der Waals surface area contributed by atoms with Gasteiger partial charge in [-0.2, -0.15) is 0 Å². The number of nitrogens with two attached hydrogens (primary N) is 1. The van der Waals surface area contributed by atoms with Crippen LogP contribution in [0.4, 0.5) is 0 Å². The molecule has 0 amide bonds. The van der Waals surface area contributed by atoms with Gasteiger partial charge in [0.25, 0.3) is 0 Å². The van der Waals surface area contributed by atoms with E-state index in [1.807, 2.05) is 0 Å². The second-order valence-electron chi connectivity index (χ2n) is 4.70. The molecule has 0 saturated heterocycles. The standard InChI is InChI=1S/C12H21N/c13-12-8-6-11(7-9-12)10-4-2-1-3-5-10/h2,4,10-12H,1,3,5-9,13H2. The SMILES string of the molecule is NC1CCC(C2C=CCCC2)CC1. The van der Waals surface area contributed by atoms with Crippen LogP contribution in [0.3, 0.4) is 0 Å². The summed E-state index contributed by atoms with van der Waals surface area (Å²) in [6.07, 6.45) is 14.2. The molecule has 2 aliphatic rings. The zero-order valence-corrected chi connectivity index (χ0v) is 8.41. The van der Waals surface area contributed by atoms with Crippen molar-refractivity contribution in [1.82, 2.24) is 0 Å². The third-order valence-corrected chi connectivity index (χ3v) is 3.71. The highest BCUT2D eigenvalue weighted by molar-refractivity contribution is 4.96. The summed E-state index contributed by atoms with van der Waals surface area (Å²) >= 11 is 0. The lowest BCUT2D eigenvalue weighted by molar-refractivity contribution is 0.250. The van der Waals surface area contributed by atoms with Gasteiger partial charge in [-0.3, -0.25) is 0 Å². The maximum absolute atomic E-state index is 5.91. The van der Waals surface area contributed by atoms with Crippen molar-refractivity contribution < 1.29 is 0 Å². The van der Waals surface area contributed by atoms with Crippen molar-refractivity contribution in [3.63, 3.8) is 0 Å². The van der Waals surface area contributed by atoms with Gasteiger partial charge in [-0.25, -0.2) is 0 Å². The summed E-state index contributed by atoms with van der Waals surface area (Å²) in [6, 6.07) is 0.504. The topological polar surface area (TPSA) is 26.0 Å². The fourth-order valence-corrected chi connectivity index (χ4v) is 2.80. The van der Waals surface area contributed by atoms with Crippen LogP contribution in [-0.4, -0.2) is 6.04 Å². The van der Waals surface area contributed by atoms with E-state index >= 15 is 0 Å². The van der Waals surface area contributed by atoms with Crippen LogP contribution in [0.15, 0.2) is 12.2 Å². The molecule has 1 fully saturated rings. The maximum atomic E-state index is 5.91. The van der Waals surface area contributed by atoms with Gasteiger partial charge in [0.15, 0.2) is 0 Å². The fraction of sp³-hybridized carbons (Fsp3) is 0.833. The fourth-order valence-electron chi connectivity index (χ4n) is 2.80. The molecule has 1 unspecified atom stereocenters. The van der Waals surface area contributed by atoms with Crippen molar-refractivity contribution in [3.05, 3.63) is 12.2 Å². The van der Waals surface area contributed by atoms with Gasteiger partial charge in [-0.15, -0.1) is 0 Å². The van der Waals surface area contributed by atoms with Crippen molar-refractivity contribution in [3.8, 4) is 0 Å². The summed E-state index contributed by atoms with van der Waals surface area (Å²) in [7, 11) is 0. The van der Waals surface area contributed by atoms with E-state index in [-0.39, 0.29) is 0 Å². The average molecular weight is 179 g/mol. The first-order chi connectivity index (χ1) is 6.36. The highest BCUT2D eigenvalue weighted by Crippen LogP contribution is 2.34. The summed E-state index contributed by atoms with van der Waals surface area (Å²) in [4.78, 5) is 0. The molecule has 0 heterocycles. The van der Waals surface area contributed by atoms with Gasteiger partial charge in [-0.1, -0.05) is 12.2 Å². The number of rotatable bonds is 1. The molecule has 13 heavy (non-hydrogen) atoms. The summed E-state index contributed by atoms with van der Waals surface area (Å²) in [6.45, 7) is 0. The van der Waals surface area contributed by atoms with Crippen LogP contribution in [0.1, 0.15) is 44.9 Å². The van der Waals surface area contributed by atoms with Gasteiger partial charge < -0.3 is 5.73 Å². The number of hydrogen-bond acceptors (Lipinski definition) is 1. The van der Waals surface area contributed by atoms with E-state index in [0.29, 0.717) is 6.04 Å². The first-order valence-electron chi connectivity index (χ1n) is 5.78. The van der Waals surface area contributed by atoms with Crippen LogP contribution in [0, 0.1) is 11.8 Å². The molecule has 2 rings (SSSR count). The summed E-state index contributed by atoms with van der Waals surface area (Å²) in [5, 5.41) is 0. The van der Waals surface area contributed by atoms with Crippen LogP contribution in [0.5, 0.6) is 0 Å². The normalized spacial score (nSPS) is 40.5. The molecule has 0 aromatic carbocycles.